The zero-order valence-electron chi connectivity index (χ0n) is 8.07. The second-order valence-electron chi connectivity index (χ2n) is 3.18. The molecule has 1 N–H and O–H groups in total. The first-order chi connectivity index (χ1) is 6.88. The predicted octanol–water partition coefficient (Wildman–Crippen LogP) is 2.53. The molecular weight excluding hydrogens is 206 g/mol. The lowest BCUT2D eigenvalue weighted by Gasteiger charge is -2.06. The number of pyridine rings is 1. The van der Waals surface area contributed by atoms with Crippen molar-refractivity contribution in [2.75, 3.05) is 0 Å². The van der Waals surface area contributed by atoms with Gasteiger partial charge in [-0.25, -0.2) is 0 Å². The average molecular weight is 216 g/mol. The average Bonchev–Trinajstić information content (AvgIpc) is 2.14. The van der Waals surface area contributed by atoms with Crippen molar-refractivity contribution in [2.45, 2.75) is 13.0 Å². The van der Waals surface area contributed by atoms with Gasteiger partial charge >= 0.3 is 6.98 Å². The van der Waals surface area contributed by atoms with E-state index >= 15 is 0 Å². The minimum absolute atomic E-state index is 0.207. The Bertz CT molecular complexity index is 345. The molecule has 2 nitrogen and oxygen atoms in total. The molecule has 0 amide bonds. The van der Waals surface area contributed by atoms with Crippen LogP contribution in [0.4, 0.5) is 12.9 Å². The molecular formula is C9H10BF3NO-. The number of halogens is 3. The van der Waals surface area contributed by atoms with Crippen LogP contribution in [-0.4, -0.2) is 17.1 Å². The van der Waals surface area contributed by atoms with E-state index in [2.05, 4.69) is 4.98 Å². The highest BCUT2D eigenvalue weighted by molar-refractivity contribution is 6.64. The quantitative estimate of drug-likeness (QED) is 0.787. The van der Waals surface area contributed by atoms with Gasteiger partial charge in [0.25, 0.3) is 0 Å². The van der Waals surface area contributed by atoms with Gasteiger partial charge in [0.2, 0.25) is 0 Å². The molecule has 0 saturated carbocycles. The highest BCUT2D eigenvalue weighted by Gasteiger charge is 2.16. The zero-order valence-corrected chi connectivity index (χ0v) is 8.07. The van der Waals surface area contributed by atoms with Gasteiger partial charge in [-0.1, -0.05) is 12.1 Å². The first-order valence-corrected chi connectivity index (χ1v) is 4.42. The van der Waals surface area contributed by atoms with Crippen LogP contribution >= 0.6 is 0 Å². The number of aromatic nitrogens is 1. The van der Waals surface area contributed by atoms with E-state index < -0.39 is 13.1 Å². The molecule has 0 bridgehead atoms. The lowest BCUT2D eigenvalue weighted by atomic mass is 9.91. The van der Waals surface area contributed by atoms with E-state index in [1.807, 2.05) is 0 Å². The van der Waals surface area contributed by atoms with E-state index in [1.165, 1.54) is 25.3 Å². The highest BCUT2D eigenvalue weighted by Crippen LogP contribution is 2.14. The summed E-state index contributed by atoms with van der Waals surface area (Å²) in [5, 5.41) is 9.12. The summed E-state index contributed by atoms with van der Waals surface area (Å²) in [6, 6.07) is 2.97. The number of hydrogen-bond donors (Lipinski definition) is 1. The van der Waals surface area contributed by atoms with Crippen molar-refractivity contribution in [2.24, 2.45) is 0 Å². The molecule has 1 heterocycles. The second-order valence-corrected chi connectivity index (χ2v) is 3.18. The molecule has 0 radical (unpaired) electrons. The third-order valence-corrected chi connectivity index (χ3v) is 1.74. The Kier molecular flexibility index (Phi) is 3.52. The second kappa shape index (κ2) is 4.48. The van der Waals surface area contributed by atoms with E-state index in [4.69, 9.17) is 5.11 Å². The Labute approximate surface area is 85.5 Å². The van der Waals surface area contributed by atoms with Crippen molar-refractivity contribution in [3.63, 3.8) is 0 Å². The molecule has 0 aliphatic rings. The molecule has 1 unspecified atom stereocenters. The minimum atomic E-state index is -4.91. The minimum Gasteiger partial charge on any atom is -0.445 e. The summed E-state index contributed by atoms with van der Waals surface area (Å²) < 4.78 is 35.6. The molecule has 1 atom stereocenters. The van der Waals surface area contributed by atoms with Crippen molar-refractivity contribution in [3.8, 4) is 0 Å². The lowest BCUT2D eigenvalue weighted by molar-refractivity contribution is 0.194. The normalized spacial score (nSPS) is 14.5. The van der Waals surface area contributed by atoms with Crippen molar-refractivity contribution >= 4 is 13.1 Å². The van der Waals surface area contributed by atoms with Gasteiger partial charge in [0.15, 0.2) is 0 Å². The summed E-state index contributed by atoms with van der Waals surface area (Å²) in [4.78, 5) is 3.82. The molecule has 1 aromatic heterocycles. The van der Waals surface area contributed by atoms with E-state index in [9.17, 15) is 12.9 Å². The molecule has 0 aliphatic heterocycles. The van der Waals surface area contributed by atoms with Crippen molar-refractivity contribution in [1.29, 1.82) is 0 Å². The lowest BCUT2D eigenvalue weighted by Crippen LogP contribution is -2.09. The van der Waals surface area contributed by atoms with E-state index in [0.29, 0.717) is 11.3 Å². The molecule has 6 heteroatoms. The number of hydrogen-bond acceptors (Lipinski definition) is 2. The smallest absolute Gasteiger partial charge is 0.445 e. The summed E-state index contributed by atoms with van der Waals surface area (Å²) in [6.45, 7) is -3.37. The summed E-state index contributed by atoms with van der Waals surface area (Å²) in [7, 11) is 0. The van der Waals surface area contributed by atoms with Gasteiger partial charge < -0.3 is 18.1 Å². The maximum absolute atomic E-state index is 11.9. The van der Waals surface area contributed by atoms with E-state index in [0.717, 1.165) is 6.08 Å². The maximum Gasteiger partial charge on any atom is 0.502 e. The number of aliphatic hydroxyl groups excluding tert-OH is 1. The zero-order chi connectivity index (χ0) is 11.5. The summed E-state index contributed by atoms with van der Waals surface area (Å²) in [6.07, 6.45) is 1.54. The van der Waals surface area contributed by atoms with Crippen LogP contribution in [0.25, 0.3) is 6.08 Å². The van der Waals surface area contributed by atoms with Gasteiger partial charge in [0, 0.05) is 6.20 Å². The van der Waals surface area contributed by atoms with Gasteiger partial charge in [0.1, 0.15) is 0 Å². The standard InChI is InChI=1S/C9H10BF3NO/c1-7(15)9-3-2-8(6-14-9)4-5-10(11,12)13/h2-7,15H,1H3/q-1/b5-4+. The summed E-state index contributed by atoms with van der Waals surface area (Å²) in [5.41, 5.74) is 0.795. The Morgan fingerprint density at radius 3 is 2.47 bits per heavy atom. The van der Waals surface area contributed by atoms with Crippen LogP contribution in [0.2, 0.25) is 0 Å². The molecule has 15 heavy (non-hydrogen) atoms. The highest BCUT2D eigenvalue weighted by atomic mass is 19.4. The molecule has 1 rings (SSSR count). The predicted molar refractivity (Wildman–Crippen MR) is 53.0 cm³/mol. The molecule has 0 aliphatic carbocycles. The van der Waals surface area contributed by atoms with E-state index in [1.54, 1.807) is 0 Å². The van der Waals surface area contributed by atoms with Gasteiger partial charge in [-0.05, 0) is 18.6 Å². The molecule has 0 saturated heterocycles. The number of nitrogens with zero attached hydrogens (tertiary/aromatic N) is 1. The van der Waals surface area contributed by atoms with Gasteiger partial charge in [0.05, 0.1) is 11.8 Å². The van der Waals surface area contributed by atoms with Crippen LogP contribution < -0.4 is 0 Å². The fourth-order valence-corrected chi connectivity index (χ4v) is 0.983. The van der Waals surface area contributed by atoms with Gasteiger partial charge in [-0.2, -0.15) is 0 Å². The number of aliphatic hydroxyl groups is 1. The van der Waals surface area contributed by atoms with Crippen LogP contribution in [-0.2, 0) is 0 Å². The first kappa shape index (κ1) is 11.8. The van der Waals surface area contributed by atoms with Gasteiger partial charge in [-0.15, -0.1) is 5.98 Å². The van der Waals surface area contributed by atoms with E-state index in [-0.39, 0.29) is 5.98 Å². The first-order valence-electron chi connectivity index (χ1n) is 4.42. The largest absolute Gasteiger partial charge is 0.502 e. The van der Waals surface area contributed by atoms with Crippen LogP contribution in [0.3, 0.4) is 0 Å². The van der Waals surface area contributed by atoms with Crippen molar-refractivity contribution < 1.29 is 18.1 Å². The molecule has 1 aromatic rings. The Balaban J connectivity index is 2.77. The topological polar surface area (TPSA) is 33.1 Å². The van der Waals surface area contributed by atoms with Crippen LogP contribution in [0, 0.1) is 0 Å². The maximum atomic E-state index is 11.9. The van der Waals surface area contributed by atoms with Crippen molar-refractivity contribution in [3.05, 3.63) is 35.6 Å². The monoisotopic (exact) mass is 216 g/mol. The van der Waals surface area contributed by atoms with Gasteiger partial charge in [-0.3, -0.25) is 4.98 Å². The van der Waals surface area contributed by atoms with Crippen molar-refractivity contribution in [1.82, 2.24) is 4.98 Å². The van der Waals surface area contributed by atoms with Crippen LogP contribution in [0.15, 0.2) is 24.3 Å². The summed E-state index contributed by atoms with van der Waals surface area (Å²) in [5.74, 6) is 0.207. The van der Waals surface area contributed by atoms with Crippen LogP contribution in [0.5, 0.6) is 0 Å². The third kappa shape index (κ3) is 4.16. The molecule has 0 fully saturated rings. The Morgan fingerprint density at radius 2 is 2.07 bits per heavy atom. The molecule has 0 aromatic carbocycles. The Morgan fingerprint density at radius 1 is 1.40 bits per heavy atom. The number of rotatable bonds is 3. The summed E-state index contributed by atoms with van der Waals surface area (Å²) >= 11 is 0. The third-order valence-electron chi connectivity index (χ3n) is 1.74. The fraction of sp³-hybridized carbons (Fsp3) is 0.222. The molecule has 0 spiro atoms. The SMILES string of the molecule is CC(O)c1ccc(/C=C/[B-](F)(F)F)cn1. The van der Waals surface area contributed by atoms with Crippen LogP contribution in [0.1, 0.15) is 24.3 Å². The molecule has 82 valence electrons. The fourth-order valence-electron chi connectivity index (χ4n) is 0.983. The Hall–Kier alpha value is -1.30.